The summed E-state index contributed by atoms with van der Waals surface area (Å²) in [5.74, 6) is 1.83. The van der Waals surface area contributed by atoms with Gasteiger partial charge in [-0.3, -0.25) is 0 Å². The Morgan fingerprint density at radius 3 is 2.76 bits per heavy atom. The molecule has 1 aromatic rings. The lowest BCUT2D eigenvalue weighted by atomic mass is 10.2. The van der Waals surface area contributed by atoms with E-state index in [1.165, 1.54) is 31.2 Å². The summed E-state index contributed by atoms with van der Waals surface area (Å²) in [5.41, 5.74) is 1.27. The van der Waals surface area contributed by atoms with Gasteiger partial charge in [-0.25, -0.2) is 0 Å². The molecule has 2 nitrogen and oxygen atoms in total. The van der Waals surface area contributed by atoms with Gasteiger partial charge in [-0.15, -0.1) is 0 Å². The number of hydrogen-bond donors (Lipinski definition) is 1. The summed E-state index contributed by atoms with van der Waals surface area (Å²) in [5, 5.41) is 3.54. The first-order valence-electron chi connectivity index (χ1n) is 6.46. The van der Waals surface area contributed by atoms with Crippen LogP contribution in [0.25, 0.3) is 0 Å². The van der Waals surface area contributed by atoms with E-state index in [1.807, 2.05) is 0 Å². The summed E-state index contributed by atoms with van der Waals surface area (Å²) in [7, 11) is 0. The maximum atomic E-state index is 5.96. The summed E-state index contributed by atoms with van der Waals surface area (Å²) >= 11 is 3.59. The van der Waals surface area contributed by atoms with E-state index in [2.05, 4.69) is 39.4 Å². The molecular formula is C14H18BrNO. The summed E-state index contributed by atoms with van der Waals surface area (Å²) < 4.78 is 7.03. The van der Waals surface area contributed by atoms with Gasteiger partial charge in [-0.1, -0.05) is 12.1 Å². The van der Waals surface area contributed by atoms with E-state index in [0.29, 0.717) is 0 Å². The highest BCUT2D eigenvalue weighted by Crippen LogP contribution is 2.34. The Bertz CT molecular complexity index is 399. The van der Waals surface area contributed by atoms with Crippen LogP contribution in [0.2, 0.25) is 0 Å². The van der Waals surface area contributed by atoms with E-state index in [9.17, 15) is 0 Å². The van der Waals surface area contributed by atoms with Gasteiger partial charge in [0.1, 0.15) is 5.75 Å². The molecule has 0 aliphatic heterocycles. The van der Waals surface area contributed by atoms with E-state index in [-0.39, 0.29) is 0 Å². The second-order valence-corrected chi connectivity index (χ2v) is 5.99. The van der Waals surface area contributed by atoms with Crippen LogP contribution in [0.3, 0.4) is 0 Å². The fraction of sp³-hybridized carbons (Fsp3) is 0.571. The molecule has 0 spiro atoms. The minimum Gasteiger partial charge on any atom is -0.492 e. The lowest BCUT2D eigenvalue weighted by Gasteiger charge is -2.13. The van der Waals surface area contributed by atoms with Crippen molar-refractivity contribution in [3.63, 3.8) is 0 Å². The second kappa shape index (κ2) is 4.99. The van der Waals surface area contributed by atoms with E-state index >= 15 is 0 Å². The highest BCUT2D eigenvalue weighted by Gasteiger charge is 2.24. The lowest BCUT2D eigenvalue weighted by Crippen LogP contribution is -2.16. The van der Waals surface area contributed by atoms with Crippen molar-refractivity contribution in [1.82, 2.24) is 5.32 Å². The molecule has 2 aliphatic carbocycles. The molecule has 0 heterocycles. The molecule has 1 N–H and O–H groups in total. The number of benzene rings is 1. The molecule has 2 aliphatic rings. The molecule has 0 saturated heterocycles. The molecule has 1 aromatic carbocycles. The molecule has 0 bridgehead atoms. The van der Waals surface area contributed by atoms with Crippen LogP contribution >= 0.6 is 15.9 Å². The van der Waals surface area contributed by atoms with Gasteiger partial charge >= 0.3 is 0 Å². The van der Waals surface area contributed by atoms with Crippen LogP contribution in [0.15, 0.2) is 22.7 Å². The predicted molar refractivity (Wildman–Crippen MR) is 72.2 cm³/mol. The Labute approximate surface area is 111 Å². The van der Waals surface area contributed by atoms with Gasteiger partial charge in [-0.2, -0.15) is 0 Å². The van der Waals surface area contributed by atoms with Crippen molar-refractivity contribution >= 4 is 15.9 Å². The Morgan fingerprint density at radius 2 is 2.06 bits per heavy atom. The highest BCUT2D eigenvalue weighted by molar-refractivity contribution is 9.10. The minimum absolute atomic E-state index is 0.741. The van der Waals surface area contributed by atoms with Gasteiger partial charge in [0.05, 0.1) is 11.1 Å². The van der Waals surface area contributed by atoms with Crippen molar-refractivity contribution in [3.05, 3.63) is 28.2 Å². The van der Waals surface area contributed by atoms with E-state index in [1.54, 1.807) is 0 Å². The molecule has 3 rings (SSSR count). The third-order valence-corrected chi connectivity index (χ3v) is 3.99. The average molecular weight is 296 g/mol. The number of hydrogen-bond acceptors (Lipinski definition) is 2. The second-order valence-electron chi connectivity index (χ2n) is 5.14. The van der Waals surface area contributed by atoms with Crippen molar-refractivity contribution in [3.8, 4) is 5.75 Å². The van der Waals surface area contributed by atoms with Crippen LogP contribution in [-0.2, 0) is 6.54 Å². The largest absolute Gasteiger partial charge is 0.492 e. The van der Waals surface area contributed by atoms with Crippen molar-refractivity contribution in [2.45, 2.75) is 38.3 Å². The van der Waals surface area contributed by atoms with Crippen LogP contribution in [-0.4, -0.2) is 12.6 Å². The molecule has 0 unspecified atom stereocenters. The minimum atomic E-state index is 0.741. The van der Waals surface area contributed by atoms with Crippen molar-refractivity contribution in [2.24, 2.45) is 5.92 Å². The Morgan fingerprint density at radius 1 is 1.24 bits per heavy atom. The zero-order valence-electron chi connectivity index (χ0n) is 9.92. The van der Waals surface area contributed by atoms with Gasteiger partial charge in [0.2, 0.25) is 0 Å². The predicted octanol–water partition coefficient (Wildman–Crippen LogP) is 3.49. The van der Waals surface area contributed by atoms with Crippen LogP contribution in [0.5, 0.6) is 5.75 Å². The Hall–Kier alpha value is -0.540. The molecule has 0 aromatic heterocycles. The van der Waals surface area contributed by atoms with E-state index in [0.717, 1.165) is 35.3 Å². The van der Waals surface area contributed by atoms with Crippen molar-refractivity contribution < 1.29 is 4.74 Å². The van der Waals surface area contributed by atoms with Crippen LogP contribution < -0.4 is 10.1 Å². The van der Waals surface area contributed by atoms with Crippen molar-refractivity contribution in [2.75, 3.05) is 6.61 Å². The summed E-state index contributed by atoms with van der Waals surface area (Å²) in [6.45, 7) is 1.79. The summed E-state index contributed by atoms with van der Waals surface area (Å²) in [4.78, 5) is 0. The zero-order chi connectivity index (χ0) is 11.7. The molecular weight excluding hydrogens is 278 g/mol. The third-order valence-electron chi connectivity index (χ3n) is 3.37. The normalized spacial score (nSPS) is 19.4. The number of rotatable bonds is 6. The average Bonchev–Trinajstić information content (AvgIpc) is 3.18. The van der Waals surface area contributed by atoms with Crippen LogP contribution in [0, 0.1) is 5.92 Å². The first kappa shape index (κ1) is 11.5. The molecule has 17 heavy (non-hydrogen) atoms. The number of nitrogens with one attached hydrogen (secondary N) is 1. The van der Waals surface area contributed by atoms with Gasteiger partial charge in [0.25, 0.3) is 0 Å². The fourth-order valence-electron chi connectivity index (χ4n) is 1.88. The highest BCUT2D eigenvalue weighted by atomic mass is 79.9. The quantitative estimate of drug-likeness (QED) is 0.867. The van der Waals surface area contributed by atoms with Gasteiger partial charge in [0, 0.05) is 18.2 Å². The van der Waals surface area contributed by atoms with Crippen molar-refractivity contribution in [1.29, 1.82) is 0 Å². The fourth-order valence-corrected chi connectivity index (χ4v) is 2.40. The van der Waals surface area contributed by atoms with E-state index < -0.39 is 0 Å². The maximum Gasteiger partial charge on any atom is 0.137 e. The maximum absolute atomic E-state index is 5.96. The molecule has 2 fully saturated rings. The lowest BCUT2D eigenvalue weighted by molar-refractivity contribution is 0.294. The molecule has 0 atom stereocenters. The summed E-state index contributed by atoms with van der Waals surface area (Å²) in [6.07, 6.45) is 5.32. The Kier molecular flexibility index (Phi) is 3.39. The topological polar surface area (TPSA) is 21.3 Å². The first-order valence-corrected chi connectivity index (χ1v) is 7.26. The molecule has 0 amide bonds. The molecule has 92 valence electrons. The van der Waals surface area contributed by atoms with Crippen LogP contribution in [0.1, 0.15) is 31.2 Å². The molecule has 0 radical (unpaired) electrons. The number of ether oxygens (including phenoxy) is 1. The number of para-hydroxylation sites is 1. The first-order chi connectivity index (χ1) is 8.33. The zero-order valence-corrected chi connectivity index (χ0v) is 11.5. The van der Waals surface area contributed by atoms with Gasteiger partial charge in [-0.05, 0) is 53.6 Å². The van der Waals surface area contributed by atoms with Gasteiger partial charge in [0.15, 0.2) is 0 Å². The summed E-state index contributed by atoms with van der Waals surface area (Å²) in [6, 6.07) is 7.04. The number of halogens is 1. The molecule has 2 saturated carbocycles. The SMILES string of the molecule is Brc1cccc(CNC2CC2)c1OCC1CC1. The molecule has 3 heteroatoms. The standard InChI is InChI=1S/C14H18BrNO/c15-13-3-1-2-11(8-16-12-6-7-12)14(13)17-9-10-4-5-10/h1-3,10,12,16H,4-9H2. The monoisotopic (exact) mass is 295 g/mol. The van der Waals surface area contributed by atoms with Crippen LogP contribution in [0.4, 0.5) is 0 Å². The smallest absolute Gasteiger partial charge is 0.137 e. The van der Waals surface area contributed by atoms with E-state index in [4.69, 9.17) is 4.74 Å². The Balaban J connectivity index is 1.66. The van der Waals surface area contributed by atoms with Gasteiger partial charge < -0.3 is 10.1 Å². The third kappa shape index (κ3) is 3.23.